The number of carbonyl (C=O) groups excluding carboxylic acids is 2. The summed E-state index contributed by atoms with van der Waals surface area (Å²) in [6, 6.07) is 11.5. The smallest absolute Gasteiger partial charge is 0.311 e. The maximum absolute atomic E-state index is 13.6. The number of nitrogens with one attached hydrogen (secondary N) is 1. The molecule has 3 aromatic rings. The molecule has 134 valence electrons. The van der Waals surface area contributed by atoms with Gasteiger partial charge in [-0.1, -0.05) is 24.3 Å². The monoisotopic (exact) mass is 355 g/mol. The number of ether oxygens (including phenoxy) is 1. The normalized spacial score (nSPS) is 12.0. The first-order chi connectivity index (χ1) is 12.4. The number of esters is 1. The van der Waals surface area contributed by atoms with E-state index >= 15 is 0 Å². The molecule has 0 fully saturated rings. The molecule has 0 aliphatic rings. The van der Waals surface area contributed by atoms with E-state index in [0.29, 0.717) is 11.1 Å². The molecule has 3 rings (SSSR count). The number of halogens is 1. The zero-order valence-electron chi connectivity index (χ0n) is 14.4. The Kier molecular flexibility index (Phi) is 5.02. The third-order valence-electron chi connectivity index (χ3n) is 3.96. The number of carbonyl (C=O) groups is 2. The van der Waals surface area contributed by atoms with Gasteiger partial charge in [-0.05, 0) is 37.6 Å². The molecule has 1 aromatic heterocycles. The minimum Gasteiger partial charge on any atom is -0.464 e. The summed E-state index contributed by atoms with van der Waals surface area (Å²) >= 11 is 0. The number of rotatable bonds is 5. The van der Waals surface area contributed by atoms with Gasteiger partial charge < -0.3 is 14.5 Å². The molecule has 6 heteroatoms. The molecule has 1 heterocycles. The predicted molar refractivity (Wildman–Crippen MR) is 95.2 cm³/mol. The number of para-hydroxylation sites is 1. The van der Waals surface area contributed by atoms with Crippen molar-refractivity contribution in [1.82, 2.24) is 0 Å². The maximum atomic E-state index is 13.6. The molecule has 0 bridgehead atoms. The van der Waals surface area contributed by atoms with Crippen LogP contribution in [0.3, 0.4) is 0 Å². The van der Waals surface area contributed by atoms with Crippen LogP contribution in [-0.2, 0) is 20.7 Å². The van der Waals surface area contributed by atoms with Crippen LogP contribution in [0.15, 0.2) is 53.1 Å². The number of hydrogen-bond donors (Lipinski definition) is 1. The molecular formula is C20H18FNO4. The highest BCUT2D eigenvalue weighted by atomic mass is 19.1. The van der Waals surface area contributed by atoms with Gasteiger partial charge in [-0.15, -0.1) is 0 Å². The molecule has 1 atom stereocenters. The van der Waals surface area contributed by atoms with Gasteiger partial charge in [-0.3, -0.25) is 9.59 Å². The van der Waals surface area contributed by atoms with Gasteiger partial charge in [0, 0.05) is 10.9 Å². The fourth-order valence-electron chi connectivity index (χ4n) is 2.57. The zero-order chi connectivity index (χ0) is 18.7. The van der Waals surface area contributed by atoms with E-state index in [9.17, 15) is 14.0 Å². The number of anilines is 1. The lowest BCUT2D eigenvalue weighted by molar-refractivity contribution is -0.152. The second-order valence-electron chi connectivity index (χ2n) is 6.04. The fourth-order valence-corrected chi connectivity index (χ4v) is 2.57. The van der Waals surface area contributed by atoms with Crippen LogP contribution in [0.1, 0.15) is 18.1 Å². The number of fused-ring (bicyclic) bond motifs is 1. The second-order valence-corrected chi connectivity index (χ2v) is 6.04. The van der Waals surface area contributed by atoms with Crippen LogP contribution in [0.2, 0.25) is 0 Å². The minimum absolute atomic E-state index is 0.0205. The summed E-state index contributed by atoms with van der Waals surface area (Å²) in [4.78, 5) is 24.2. The van der Waals surface area contributed by atoms with Gasteiger partial charge in [0.1, 0.15) is 11.4 Å². The first-order valence-corrected chi connectivity index (χ1v) is 8.15. The number of benzene rings is 2. The summed E-state index contributed by atoms with van der Waals surface area (Å²) in [6.07, 6.45) is 0.436. The van der Waals surface area contributed by atoms with Gasteiger partial charge in [0.05, 0.1) is 18.4 Å². The van der Waals surface area contributed by atoms with E-state index in [1.807, 2.05) is 25.1 Å². The highest BCUT2D eigenvalue weighted by Crippen LogP contribution is 2.23. The van der Waals surface area contributed by atoms with Gasteiger partial charge in [0.2, 0.25) is 0 Å². The van der Waals surface area contributed by atoms with E-state index < -0.39 is 23.8 Å². The Balaban J connectivity index is 1.61. The van der Waals surface area contributed by atoms with Crippen molar-refractivity contribution in [2.45, 2.75) is 26.4 Å². The van der Waals surface area contributed by atoms with Crippen molar-refractivity contribution in [2.75, 3.05) is 5.32 Å². The quantitative estimate of drug-likeness (QED) is 0.703. The highest BCUT2D eigenvalue weighted by Gasteiger charge is 2.20. The van der Waals surface area contributed by atoms with Crippen LogP contribution >= 0.6 is 0 Å². The molecule has 0 unspecified atom stereocenters. The number of aryl methyl sites for hydroxylation is 1. The summed E-state index contributed by atoms with van der Waals surface area (Å²) in [7, 11) is 0. The summed E-state index contributed by atoms with van der Waals surface area (Å²) in [5, 5.41) is 3.23. The van der Waals surface area contributed by atoms with E-state index in [-0.39, 0.29) is 12.1 Å². The molecule has 26 heavy (non-hydrogen) atoms. The van der Waals surface area contributed by atoms with Gasteiger partial charge in [-0.2, -0.15) is 0 Å². The molecule has 1 N–H and O–H groups in total. The zero-order valence-corrected chi connectivity index (χ0v) is 14.4. The van der Waals surface area contributed by atoms with E-state index in [1.165, 1.54) is 31.4 Å². The van der Waals surface area contributed by atoms with Crippen molar-refractivity contribution in [1.29, 1.82) is 0 Å². The number of furan rings is 1. The average Bonchev–Trinajstić information content (AvgIpc) is 2.98. The van der Waals surface area contributed by atoms with Gasteiger partial charge in [0.15, 0.2) is 6.10 Å². The molecule has 0 radical (unpaired) electrons. The first kappa shape index (κ1) is 17.7. The second kappa shape index (κ2) is 7.39. The lowest BCUT2D eigenvalue weighted by Crippen LogP contribution is -2.30. The summed E-state index contributed by atoms with van der Waals surface area (Å²) in [5.74, 6) is -1.72. The van der Waals surface area contributed by atoms with E-state index in [4.69, 9.17) is 9.15 Å². The Bertz CT molecular complexity index is 963. The van der Waals surface area contributed by atoms with Gasteiger partial charge in [-0.25, -0.2) is 4.39 Å². The Morgan fingerprint density at radius 3 is 2.77 bits per heavy atom. The minimum atomic E-state index is -1.05. The van der Waals surface area contributed by atoms with Crippen molar-refractivity contribution in [3.05, 3.63) is 65.7 Å². The van der Waals surface area contributed by atoms with E-state index in [2.05, 4.69) is 5.32 Å². The standard InChI is InChI=1S/C20H18FNO4/c1-12-7-8-15-14(11-25-18(15)9-12)10-19(23)26-13(2)20(24)22-17-6-4-3-5-16(17)21/h3-9,11,13H,10H2,1-2H3,(H,22,24)/t13-/m0/s1. The van der Waals surface area contributed by atoms with Gasteiger partial charge >= 0.3 is 5.97 Å². The molecular weight excluding hydrogens is 337 g/mol. The largest absolute Gasteiger partial charge is 0.464 e. The first-order valence-electron chi connectivity index (χ1n) is 8.15. The third kappa shape index (κ3) is 3.91. The molecule has 0 aliphatic carbocycles. The topological polar surface area (TPSA) is 68.5 Å². The van der Waals surface area contributed by atoms with Crippen molar-refractivity contribution in [2.24, 2.45) is 0 Å². The molecule has 5 nitrogen and oxygen atoms in total. The van der Waals surface area contributed by atoms with Crippen molar-refractivity contribution < 1.29 is 23.1 Å². The van der Waals surface area contributed by atoms with Crippen LogP contribution in [0.4, 0.5) is 10.1 Å². The lowest BCUT2D eigenvalue weighted by atomic mass is 10.1. The van der Waals surface area contributed by atoms with Crippen LogP contribution in [0.5, 0.6) is 0 Å². The van der Waals surface area contributed by atoms with Crippen LogP contribution in [0, 0.1) is 12.7 Å². The predicted octanol–water partition coefficient (Wildman–Crippen LogP) is 3.99. The van der Waals surface area contributed by atoms with Crippen LogP contribution in [-0.4, -0.2) is 18.0 Å². The van der Waals surface area contributed by atoms with Crippen LogP contribution in [0.25, 0.3) is 11.0 Å². The Morgan fingerprint density at radius 2 is 2.00 bits per heavy atom. The third-order valence-corrected chi connectivity index (χ3v) is 3.96. The highest BCUT2D eigenvalue weighted by molar-refractivity contribution is 5.95. The van der Waals surface area contributed by atoms with Crippen molar-refractivity contribution >= 4 is 28.5 Å². The van der Waals surface area contributed by atoms with Crippen LogP contribution < -0.4 is 5.32 Å². The molecule has 0 aliphatic heterocycles. The number of amides is 1. The molecule has 0 spiro atoms. The van der Waals surface area contributed by atoms with Crippen molar-refractivity contribution in [3.63, 3.8) is 0 Å². The Morgan fingerprint density at radius 1 is 1.23 bits per heavy atom. The summed E-state index contributed by atoms with van der Waals surface area (Å²) in [5.41, 5.74) is 2.47. The molecule has 2 aromatic carbocycles. The fraction of sp³-hybridized carbons (Fsp3) is 0.200. The lowest BCUT2D eigenvalue weighted by Gasteiger charge is -2.13. The SMILES string of the molecule is Cc1ccc2c(CC(=O)O[C@@H](C)C(=O)Nc3ccccc3F)coc2c1. The average molecular weight is 355 g/mol. The summed E-state index contributed by atoms with van der Waals surface area (Å²) < 4.78 is 24.2. The van der Waals surface area contributed by atoms with E-state index in [1.54, 1.807) is 6.07 Å². The van der Waals surface area contributed by atoms with E-state index in [0.717, 1.165) is 10.9 Å². The maximum Gasteiger partial charge on any atom is 0.311 e. The number of hydrogen-bond acceptors (Lipinski definition) is 4. The molecule has 0 saturated heterocycles. The Labute approximate surface area is 149 Å². The van der Waals surface area contributed by atoms with Gasteiger partial charge in [0.25, 0.3) is 5.91 Å². The van der Waals surface area contributed by atoms with Crippen molar-refractivity contribution in [3.8, 4) is 0 Å². The molecule has 0 saturated carbocycles. The summed E-state index contributed by atoms with van der Waals surface area (Å²) in [6.45, 7) is 3.39. The molecule has 1 amide bonds. The Hall–Kier alpha value is -3.15.